The molecule has 0 amide bonds. The molecule has 1 heteroatoms. The Morgan fingerprint density at radius 1 is 0.328 bits per heavy atom. The van der Waals surface area contributed by atoms with E-state index in [0.717, 1.165) is 11.2 Å². The number of fused-ring (bicyclic) bond motifs is 17. The van der Waals surface area contributed by atoms with Crippen LogP contribution in [0.1, 0.15) is 25.0 Å². The molecule has 1 nitrogen and oxygen atoms in total. The predicted octanol–water partition coefficient (Wildman–Crippen LogP) is 16.1. The highest BCUT2D eigenvalue weighted by Crippen LogP contribution is 2.52. The minimum Gasteiger partial charge on any atom is -0.456 e. The Bertz CT molecular complexity index is 3760. The van der Waals surface area contributed by atoms with Gasteiger partial charge in [-0.3, -0.25) is 0 Å². The summed E-state index contributed by atoms with van der Waals surface area (Å²) in [6.45, 7) is 4.72. The average molecular weight is 737 g/mol. The summed E-state index contributed by atoms with van der Waals surface area (Å²) in [4.78, 5) is 0. The molecule has 0 atom stereocenters. The predicted molar refractivity (Wildman–Crippen MR) is 247 cm³/mol. The van der Waals surface area contributed by atoms with Gasteiger partial charge in [-0.1, -0.05) is 153 Å². The van der Waals surface area contributed by atoms with E-state index in [9.17, 15) is 0 Å². The van der Waals surface area contributed by atoms with Crippen molar-refractivity contribution in [3.8, 4) is 33.4 Å². The molecule has 1 aliphatic rings. The summed E-state index contributed by atoms with van der Waals surface area (Å²) < 4.78 is 6.56. The Morgan fingerprint density at radius 3 is 1.60 bits per heavy atom. The van der Waals surface area contributed by atoms with Gasteiger partial charge in [-0.15, -0.1) is 0 Å². The Morgan fingerprint density at radius 2 is 0.845 bits per heavy atom. The van der Waals surface area contributed by atoms with Crippen molar-refractivity contribution in [3.63, 3.8) is 0 Å². The molecule has 0 N–H and O–H groups in total. The van der Waals surface area contributed by atoms with Crippen molar-refractivity contribution in [2.24, 2.45) is 0 Å². The molecule has 0 saturated heterocycles. The number of benzene rings is 11. The van der Waals surface area contributed by atoms with Crippen molar-refractivity contribution in [2.45, 2.75) is 19.3 Å². The van der Waals surface area contributed by atoms with E-state index in [4.69, 9.17) is 4.42 Å². The first kappa shape index (κ1) is 31.9. The van der Waals surface area contributed by atoms with Gasteiger partial charge in [-0.2, -0.15) is 0 Å². The lowest BCUT2D eigenvalue weighted by Crippen LogP contribution is -2.14. The molecule has 11 aromatic carbocycles. The molecule has 0 bridgehead atoms. The summed E-state index contributed by atoms with van der Waals surface area (Å²) in [5, 5.41) is 17.4. The standard InChI is InChI=1S/C57H36O/c1-57(2)51-24-21-40(30-49(51)55-41-11-5-3-9-33(41)20-25-52(55)57)38-18-16-35-27-37(17-15-36(35)28-38)39-19-23-45-46(29-39)43-13-7-8-14-44(43)47-31-50-54(32-48(45)47)58-53-26-22-34-10-4-6-12-42(34)56(50)53/h3-32H,1-2H3. The third-order valence-electron chi connectivity index (χ3n) is 13.4. The first-order chi connectivity index (χ1) is 28.5. The second kappa shape index (κ2) is 11.4. The van der Waals surface area contributed by atoms with Gasteiger partial charge >= 0.3 is 0 Å². The molecule has 0 spiro atoms. The molecule has 0 fully saturated rings. The molecule has 0 saturated carbocycles. The topological polar surface area (TPSA) is 13.1 Å². The average Bonchev–Trinajstić information content (AvgIpc) is 3.76. The fourth-order valence-corrected chi connectivity index (χ4v) is 10.5. The maximum Gasteiger partial charge on any atom is 0.136 e. The molecule has 0 aliphatic heterocycles. The Balaban J connectivity index is 0.922. The minimum atomic E-state index is -0.0358. The molecule has 13 rings (SSSR count). The van der Waals surface area contributed by atoms with Crippen molar-refractivity contribution < 1.29 is 4.42 Å². The summed E-state index contributed by atoms with van der Waals surface area (Å²) in [7, 11) is 0. The molecule has 1 aromatic heterocycles. The van der Waals surface area contributed by atoms with Crippen LogP contribution in [0.2, 0.25) is 0 Å². The minimum absolute atomic E-state index is 0.0358. The Hall–Kier alpha value is -7.22. The van der Waals surface area contributed by atoms with Crippen LogP contribution in [0, 0.1) is 0 Å². The summed E-state index contributed by atoms with van der Waals surface area (Å²) in [5.74, 6) is 0. The zero-order chi connectivity index (χ0) is 38.3. The van der Waals surface area contributed by atoms with Crippen LogP contribution in [0.15, 0.2) is 186 Å². The van der Waals surface area contributed by atoms with Crippen molar-refractivity contribution in [1.82, 2.24) is 0 Å². The maximum atomic E-state index is 6.56. The van der Waals surface area contributed by atoms with Crippen LogP contribution in [0.3, 0.4) is 0 Å². The van der Waals surface area contributed by atoms with Crippen molar-refractivity contribution >= 4 is 86.6 Å². The molecule has 12 aromatic rings. The first-order valence-corrected chi connectivity index (χ1v) is 20.3. The highest BCUT2D eigenvalue weighted by Gasteiger charge is 2.36. The second-order valence-electron chi connectivity index (χ2n) is 16.8. The van der Waals surface area contributed by atoms with Gasteiger partial charge in [0.05, 0.1) is 0 Å². The van der Waals surface area contributed by atoms with Gasteiger partial charge in [0, 0.05) is 16.2 Å². The van der Waals surface area contributed by atoms with Crippen LogP contribution < -0.4 is 0 Å². The first-order valence-electron chi connectivity index (χ1n) is 20.3. The monoisotopic (exact) mass is 736 g/mol. The summed E-state index contributed by atoms with van der Waals surface area (Å²) in [6, 6.07) is 67.7. The third-order valence-corrected chi connectivity index (χ3v) is 13.4. The zero-order valence-corrected chi connectivity index (χ0v) is 32.2. The third kappa shape index (κ3) is 4.36. The van der Waals surface area contributed by atoms with Gasteiger partial charge in [0.15, 0.2) is 0 Å². The van der Waals surface area contributed by atoms with E-state index < -0.39 is 0 Å². The number of hydrogen-bond acceptors (Lipinski definition) is 1. The van der Waals surface area contributed by atoms with Gasteiger partial charge in [-0.25, -0.2) is 0 Å². The van der Waals surface area contributed by atoms with Crippen LogP contribution in [0.4, 0.5) is 0 Å². The molecular formula is C57H36O. The van der Waals surface area contributed by atoms with E-state index in [2.05, 4.69) is 196 Å². The highest BCUT2D eigenvalue weighted by atomic mass is 16.3. The van der Waals surface area contributed by atoms with Gasteiger partial charge in [0.2, 0.25) is 0 Å². The van der Waals surface area contributed by atoms with E-state index in [0.29, 0.717) is 0 Å². The van der Waals surface area contributed by atoms with Crippen molar-refractivity contribution in [3.05, 3.63) is 193 Å². The second-order valence-corrected chi connectivity index (χ2v) is 16.8. The van der Waals surface area contributed by atoms with Crippen molar-refractivity contribution in [2.75, 3.05) is 0 Å². The van der Waals surface area contributed by atoms with E-state index in [1.165, 1.54) is 120 Å². The van der Waals surface area contributed by atoms with Crippen LogP contribution in [0.25, 0.3) is 120 Å². The quantitative estimate of drug-likeness (QED) is 0.161. The van der Waals surface area contributed by atoms with Gasteiger partial charge in [0.25, 0.3) is 0 Å². The van der Waals surface area contributed by atoms with Crippen LogP contribution in [-0.2, 0) is 5.41 Å². The molecular weight excluding hydrogens is 701 g/mol. The van der Waals surface area contributed by atoms with Gasteiger partial charge < -0.3 is 4.42 Å². The number of rotatable bonds is 2. The normalized spacial score (nSPS) is 13.5. The zero-order valence-electron chi connectivity index (χ0n) is 32.2. The fourth-order valence-electron chi connectivity index (χ4n) is 10.5. The number of furan rings is 1. The van der Waals surface area contributed by atoms with Gasteiger partial charge in [-0.05, 0) is 152 Å². The molecule has 270 valence electrons. The lowest BCUT2D eigenvalue weighted by Gasteiger charge is -2.21. The molecule has 1 heterocycles. The number of hydrogen-bond donors (Lipinski definition) is 0. The summed E-state index contributed by atoms with van der Waals surface area (Å²) in [6.07, 6.45) is 0. The van der Waals surface area contributed by atoms with Crippen LogP contribution in [-0.4, -0.2) is 0 Å². The van der Waals surface area contributed by atoms with Crippen LogP contribution in [0.5, 0.6) is 0 Å². The van der Waals surface area contributed by atoms with E-state index in [-0.39, 0.29) is 5.41 Å². The van der Waals surface area contributed by atoms with Gasteiger partial charge in [0.1, 0.15) is 11.2 Å². The molecule has 0 radical (unpaired) electrons. The smallest absolute Gasteiger partial charge is 0.136 e. The lowest BCUT2D eigenvalue weighted by molar-refractivity contribution is 0.661. The van der Waals surface area contributed by atoms with E-state index in [1.54, 1.807) is 0 Å². The largest absolute Gasteiger partial charge is 0.456 e. The molecule has 58 heavy (non-hydrogen) atoms. The molecule has 0 unspecified atom stereocenters. The molecule has 1 aliphatic carbocycles. The fraction of sp³-hybridized carbons (Fsp3) is 0.0526. The van der Waals surface area contributed by atoms with E-state index in [1.807, 2.05) is 0 Å². The maximum absolute atomic E-state index is 6.56. The van der Waals surface area contributed by atoms with Crippen molar-refractivity contribution in [1.29, 1.82) is 0 Å². The SMILES string of the molecule is CC1(C)c2ccc(-c3ccc4cc(-c5ccc6c(c5)c5ccccc5c5cc7c(cc65)oc5ccc6ccccc6c57)ccc4c3)cc2-c2c1ccc1ccccc21. The van der Waals surface area contributed by atoms with E-state index >= 15 is 0 Å². The summed E-state index contributed by atoms with van der Waals surface area (Å²) >= 11 is 0. The Kier molecular flexibility index (Phi) is 6.29. The highest BCUT2D eigenvalue weighted by molar-refractivity contribution is 6.30. The lowest BCUT2D eigenvalue weighted by atomic mass is 9.82. The summed E-state index contributed by atoms with van der Waals surface area (Å²) in [5.41, 5.74) is 12.3. The Labute approximate surface area is 335 Å². The van der Waals surface area contributed by atoms with Crippen LogP contribution >= 0.6 is 0 Å².